The number of nitrogens with zero attached hydrogens (tertiary/aromatic N) is 4. The Morgan fingerprint density at radius 2 is 1.85 bits per heavy atom. The van der Waals surface area contributed by atoms with Gasteiger partial charge in [-0.3, -0.25) is 19.4 Å². The number of nitrogens with one attached hydrogen (secondary N) is 2. The quantitative estimate of drug-likeness (QED) is 0.178. The molecule has 0 aliphatic heterocycles. The van der Waals surface area contributed by atoms with E-state index in [4.69, 9.17) is 22.0 Å². The number of hydrogen-bond acceptors (Lipinski definition) is 6. The summed E-state index contributed by atoms with van der Waals surface area (Å²) in [5, 5.41) is 14.0. The Labute approximate surface area is 243 Å². The van der Waals surface area contributed by atoms with E-state index in [0.29, 0.717) is 48.5 Å². The number of anilines is 1. The first-order valence-electron chi connectivity index (χ1n) is 12.7. The van der Waals surface area contributed by atoms with Crippen molar-refractivity contribution in [2.24, 2.45) is 0 Å². The Balaban J connectivity index is 1.56. The molecular formula is C31H23ClN6O2S. The van der Waals surface area contributed by atoms with Crippen LogP contribution in [0.2, 0.25) is 5.02 Å². The number of fused-ring (bicyclic) bond motifs is 2. The summed E-state index contributed by atoms with van der Waals surface area (Å²) in [6.07, 6.45) is 3.32. The minimum absolute atomic E-state index is 0.123. The Hall–Kier alpha value is -4.86. The maximum atomic E-state index is 13.5. The molecule has 0 atom stereocenters. The summed E-state index contributed by atoms with van der Waals surface area (Å²) in [5.74, 6) is -0.282. The maximum absolute atomic E-state index is 13.5. The largest absolute Gasteiger partial charge is 0.312 e. The topological polar surface area (TPSA) is 105 Å². The zero-order valence-electron chi connectivity index (χ0n) is 21.9. The minimum atomic E-state index is -0.282. The number of pyridine rings is 2. The van der Waals surface area contributed by atoms with Crippen LogP contribution in [0.3, 0.4) is 0 Å². The summed E-state index contributed by atoms with van der Waals surface area (Å²) < 4.78 is 3.11. The van der Waals surface area contributed by atoms with Crippen LogP contribution in [-0.2, 0) is 6.54 Å². The number of halogens is 1. The number of aryl methyl sites for hydroxylation is 1. The molecule has 1 amide bonds. The number of benzene rings is 2. The van der Waals surface area contributed by atoms with Gasteiger partial charge < -0.3 is 9.88 Å². The summed E-state index contributed by atoms with van der Waals surface area (Å²) in [6, 6.07) is 21.4. The normalized spacial score (nSPS) is 11.2. The van der Waals surface area contributed by atoms with Gasteiger partial charge in [-0.25, -0.2) is 9.97 Å². The molecule has 0 saturated heterocycles. The van der Waals surface area contributed by atoms with Gasteiger partial charge in [0.1, 0.15) is 32.5 Å². The summed E-state index contributed by atoms with van der Waals surface area (Å²) in [6.45, 7) is 6.06. The van der Waals surface area contributed by atoms with E-state index in [9.17, 15) is 9.59 Å². The second-order valence-corrected chi connectivity index (χ2v) is 10.8. The molecule has 0 spiro atoms. The van der Waals surface area contributed by atoms with E-state index in [1.165, 1.54) is 15.7 Å². The van der Waals surface area contributed by atoms with Crippen molar-refractivity contribution in [3.8, 4) is 21.8 Å². The molecule has 0 fully saturated rings. The molecule has 8 nitrogen and oxygen atoms in total. The summed E-state index contributed by atoms with van der Waals surface area (Å²) in [4.78, 5) is 36.3. The first kappa shape index (κ1) is 26.4. The van der Waals surface area contributed by atoms with Crippen LogP contribution in [-0.4, -0.2) is 24.8 Å². The van der Waals surface area contributed by atoms with Gasteiger partial charge in [0.25, 0.3) is 11.5 Å². The molecule has 202 valence electrons. The van der Waals surface area contributed by atoms with Crippen molar-refractivity contribution in [3.05, 3.63) is 124 Å². The molecule has 41 heavy (non-hydrogen) atoms. The predicted octanol–water partition coefficient (Wildman–Crippen LogP) is 6.32. The molecule has 0 unspecified atom stereocenters. The highest BCUT2D eigenvalue weighted by molar-refractivity contribution is 7.19. The molecule has 4 aromatic heterocycles. The third-order valence-electron chi connectivity index (χ3n) is 6.65. The van der Waals surface area contributed by atoms with Crippen molar-refractivity contribution in [2.75, 3.05) is 5.32 Å². The fourth-order valence-corrected chi connectivity index (χ4v) is 5.69. The smallest absolute Gasteiger partial charge is 0.267 e. The van der Waals surface area contributed by atoms with E-state index >= 15 is 0 Å². The first-order valence-corrected chi connectivity index (χ1v) is 13.9. The Bertz CT molecular complexity index is 2090. The number of aromatic nitrogens is 4. The number of hydrogen-bond donors (Lipinski definition) is 2. The van der Waals surface area contributed by atoms with Gasteiger partial charge in [-0.2, -0.15) is 0 Å². The zero-order chi connectivity index (χ0) is 28.7. The lowest BCUT2D eigenvalue weighted by Crippen LogP contribution is -2.26. The highest BCUT2D eigenvalue weighted by Crippen LogP contribution is 2.38. The number of carbonyl (C=O) groups is 1. The maximum Gasteiger partial charge on any atom is 0.267 e. The summed E-state index contributed by atoms with van der Waals surface area (Å²) in [7, 11) is 0. The number of rotatable bonds is 6. The summed E-state index contributed by atoms with van der Waals surface area (Å²) in [5.41, 5.74) is 4.01. The van der Waals surface area contributed by atoms with Gasteiger partial charge in [-0.05, 0) is 49.4 Å². The van der Waals surface area contributed by atoms with E-state index in [1.54, 1.807) is 59.3 Å². The molecule has 0 aliphatic carbocycles. The van der Waals surface area contributed by atoms with Gasteiger partial charge in [-0.15, -0.1) is 6.58 Å². The molecular weight excluding hydrogens is 556 g/mol. The molecule has 6 rings (SSSR count). The highest BCUT2D eigenvalue weighted by Gasteiger charge is 2.21. The molecule has 10 heteroatoms. The van der Waals surface area contributed by atoms with Crippen LogP contribution in [0.5, 0.6) is 0 Å². The van der Waals surface area contributed by atoms with E-state index in [1.807, 2.05) is 37.3 Å². The molecule has 4 heterocycles. The number of thiazole rings is 1. The van der Waals surface area contributed by atoms with Gasteiger partial charge in [-0.1, -0.05) is 64.9 Å². The summed E-state index contributed by atoms with van der Waals surface area (Å²) >= 11 is 7.37. The molecule has 0 saturated carbocycles. The van der Waals surface area contributed by atoms with Crippen molar-refractivity contribution in [2.45, 2.75) is 13.5 Å². The zero-order valence-corrected chi connectivity index (χ0v) is 23.5. The second-order valence-electron chi connectivity index (χ2n) is 9.41. The number of carbonyl (C=O) groups excluding carboxylic acids is 1. The fraction of sp³-hybridized carbons (Fsp3) is 0.0645. The number of amides is 1. The lowest BCUT2D eigenvalue weighted by Gasteiger charge is -2.12. The molecule has 0 bridgehead atoms. The van der Waals surface area contributed by atoms with Crippen LogP contribution < -0.4 is 16.4 Å². The fourth-order valence-electron chi connectivity index (χ4n) is 4.56. The van der Waals surface area contributed by atoms with Crippen molar-refractivity contribution in [3.63, 3.8) is 0 Å². The van der Waals surface area contributed by atoms with Gasteiger partial charge in [0.15, 0.2) is 0 Å². The van der Waals surface area contributed by atoms with E-state index in [0.717, 1.165) is 11.1 Å². The van der Waals surface area contributed by atoms with Crippen LogP contribution >= 0.6 is 22.9 Å². The van der Waals surface area contributed by atoms with Gasteiger partial charge in [0, 0.05) is 28.9 Å². The Morgan fingerprint density at radius 3 is 2.59 bits per heavy atom. The van der Waals surface area contributed by atoms with Gasteiger partial charge in [0.05, 0.1) is 10.9 Å². The first-order chi connectivity index (χ1) is 19.8. The molecule has 0 radical (unpaired) electrons. The van der Waals surface area contributed by atoms with Crippen LogP contribution in [0.1, 0.15) is 15.9 Å². The van der Waals surface area contributed by atoms with Crippen molar-refractivity contribution in [1.29, 1.82) is 5.41 Å². The van der Waals surface area contributed by atoms with Crippen molar-refractivity contribution >= 4 is 50.5 Å². The molecule has 6 aromatic rings. The monoisotopic (exact) mass is 578 g/mol. The Morgan fingerprint density at radius 1 is 1.10 bits per heavy atom. The second kappa shape index (κ2) is 10.6. The Kier molecular flexibility index (Phi) is 6.82. The van der Waals surface area contributed by atoms with E-state index < -0.39 is 0 Å². The lowest BCUT2D eigenvalue weighted by atomic mass is 10.1. The van der Waals surface area contributed by atoms with Gasteiger partial charge >= 0.3 is 0 Å². The minimum Gasteiger partial charge on any atom is -0.312 e. The van der Waals surface area contributed by atoms with Crippen molar-refractivity contribution in [1.82, 2.24) is 18.9 Å². The molecule has 2 aromatic carbocycles. The van der Waals surface area contributed by atoms with Crippen molar-refractivity contribution < 1.29 is 4.79 Å². The standard InChI is InChI=1S/C31H23ClN6O2S/c1-3-15-38-26(33)22(17-23-27(38)34-24-6-4-5-16-37(24)31(23)40)29-35-25(19-11-13-21(32)14-12-19)30(41-29)36-28(39)20-9-7-18(2)8-10-20/h3-14,16-17,33H,1,15H2,2H3,(H,36,39). The third-order valence-corrected chi connectivity index (χ3v) is 7.90. The number of allylic oxidation sites excluding steroid dienone is 1. The molecule has 2 N–H and O–H groups in total. The highest BCUT2D eigenvalue weighted by atomic mass is 35.5. The van der Waals surface area contributed by atoms with Crippen LogP contribution in [0.4, 0.5) is 5.00 Å². The predicted molar refractivity (Wildman–Crippen MR) is 164 cm³/mol. The average Bonchev–Trinajstić information content (AvgIpc) is 3.38. The third kappa shape index (κ3) is 4.86. The van der Waals surface area contributed by atoms with Crippen LogP contribution in [0, 0.1) is 12.3 Å². The molecule has 0 aliphatic rings. The van der Waals surface area contributed by atoms with Crippen LogP contribution in [0.15, 0.2) is 96.4 Å². The van der Waals surface area contributed by atoms with Gasteiger partial charge in [0.2, 0.25) is 0 Å². The van der Waals surface area contributed by atoms with E-state index in [2.05, 4.69) is 16.9 Å². The average molecular weight is 579 g/mol. The lowest BCUT2D eigenvalue weighted by molar-refractivity contribution is 0.102. The SMILES string of the molecule is C=CCn1c(=N)c(-c2nc(-c3ccc(Cl)cc3)c(NC(=O)c3ccc(C)cc3)s2)cc2c(=O)n3ccccc3nc21. The van der Waals surface area contributed by atoms with E-state index in [-0.39, 0.29) is 23.5 Å². The van der Waals surface area contributed by atoms with Crippen LogP contribution in [0.25, 0.3) is 38.5 Å².